The number of ether oxygens (including phenoxy) is 3. The molecule has 3 rings (SSSR count). The molecule has 2 aromatic carbocycles. The van der Waals surface area contributed by atoms with Crippen LogP contribution in [0.15, 0.2) is 30.3 Å². The lowest BCUT2D eigenvalue weighted by Gasteiger charge is -2.11. The molecule has 0 spiro atoms. The van der Waals surface area contributed by atoms with E-state index >= 15 is 0 Å². The van der Waals surface area contributed by atoms with Gasteiger partial charge in [0.25, 0.3) is 0 Å². The summed E-state index contributed by atoms with van der Waals surface area (Å²) in [6, 6.07) is 6.46. The Kier molecular flexibility index (Phi) is 3.62. The van der Waals surface area contributed by atoms with E-state index in [0.29, 0.717) is 22.8 Å². The molecule has 0 radical (unpaired) electrons. The van der Waals surface area contributed by atoms with Crippen molar-refractivity contribution >= 4 is 0 Å². The van der Waals surface area contributed by atoms with Crippen LogP contribution in [0.3, 0.4) is 0 Å². The summed E-state index contributed by atoms with van der Waals surface area (Å²) in [5.41, 5.74) is 0.722. The fourth-order valence-corrected chi connectivity index (χ4v) is 2.02. The van der Waals surface area contributed by atoms with E-state index in [1.165, 1.54) is 6.07 Å². The summed E-state index contributed by atoms with van der Waals surface area (Å²) in [5.74, 6) is 0.0725. The molecule has 0 saturated carbocycles. The summed E-state index contributed by atoms with van der Waals surface area (Å²) in [5, 5.41) is 9.34. The van der Waals surface area contributed by atoms with Crippen molar-refractivity contribution in [2.75, 3.05) is 6.79 Å². The molecule has 0 saturated heterocycles. The van der Waals surface area contributed by atoms with Gasteiger partial charge in [0.05, 0.1) is 6.61 Å². The summed E-state index contributed by atoms with van der Waals surface area (Å²) >= 11 is 0. The minimum atomic E-state index is -0.679. The highest BCUT2D eigenvalue weighted by Gasteiger charge is 2.18. The Hall–Kier alpha value is -2.34. The number of rotatable bonds is 4. The third-order valence-corrected chi connectivity index (χ3v) is 3.12. The van der Waals surface area contributed by atoms with Crippen molar-refractivity contribution in [2.24, 2.45) is 0 Å². The molecule has 0 unspecified atom stereocenters. The molecule has 0 aromatic heterocycles. The average molecular weight is 294 g/mol. The average Bonchev–Trinajstić information content (AvgIpc) is 2.92. The normalized spacial score (nSPS) is 12.5. The van der Waals surface area contributed by atoms with E-state index in [9.17, 15) is 13.9 Å². The van der Waals surface area contributed by atoms with Crippen LogP contribution in [0.4, 0.5) is 8.78 Å². The quantitative estimate of drug-likeness (QED) is 0.942. The predicted molar refractivity (Wildman–Crippen MR) is 69.2 cm³/mol. The number of hydrogen-bond donors (Lipinski definition) is 1. The van der Waals surface area contributed by atoms with Gasteiger partial charge < -0.3 is 19.3 Å². The molecule has 1 aliphatic rings. The number of fused-ring (bicyclic) bond motifs is 1. The number of benzene rings is 2. The van der Waals surface area contributed by atoms with Crippen molar-refractivity contribution in [1.29, 1.82) is 0 Å². The predicted octanol–water partition coefficient (Wildman–Crippen LogP) is 2.76. The summed E-state index contributed by atoms with van der Waals surface area (Å²) in [4.78, 5) is 0. The Bertz CT molecular complexity index is 673. The van der Waals surface area contributed by atoms with Crippen molar-refractivity contribution in [2.45, 2.75) is 13.2 Å². The van der Waals surface area contributed by atoms with Crippen LogP contribution in [0.1, 0.15) is 11.1 Å². The van der Waals surface area contributed by atoms with E-state index in [1.54, 1.807) is 12.1 Å². The fraction of sp³-hybridized carbons (Fsp3) is 0.200. The van der Waals surface area contributed by atoms with E-state index < -0.39 is 11.6 Å². The van der Waals surface area contributed by atoms with Crippen LogP contribution in [0, 0.1) is 11.6 Å². The van der Waals surface area contributed by atoms with Crippen molar-refractivity contribution in [3.63, 3.8) is 0 Å². The first-order valence-electron chi connectivity index (χ1n) is 6.27. The molecule has 2 aromatic rings. The highest BCUT2D eigenvalue weighted by molar-refractivity contribution is 5.51. The van der Waals surface area contributed by atoms with Gasteiger partial charge in [0, 0.05) is 23.3 Å². The molecule has 1 aliphatic heterocycles. The van der Waals surface area contributed by atoms with Gasteiger partial charge in [0.2, 0.25) is 6.79 Å². The van der Waals surface area contributed by atoms with E-state index in [2.05, 4.69) is 0 Å². The lowest BCUT2D eigenvalue weighted by molar-refractivity contribution is 0.173. The minimum absolute atomic E-state index is 0.0846. The second kappa shape index (κ2) is 5.57. The smallest absolute Gasteiger partial charge is 0.231 e. The Labute approximate surface area is 119 Å². The number of halogens is 2. The summed E-state index contributed by atoms with van der Waals surface area (Å²) < 4.78 is 42.3. The molecular weight excluding hydrogens is 282 g/mol. The molecule has 0 amide bonds. The largest absolute Gasteiger partial charge is 0.488 e. The van der Waals surface area contributed by atoms with Gasteiger partial charge in [-0.3, -0.25) is 0 Å². The van der Waals surface area contributed by atoms with Crippen LogP contribution in [-0.2, 0) is 13.2 Å². The molecule has 0 bridgehead atoms. The topological polar surface area (TPSA) is 47.9 Å². The number of aliphatic hydroxyl groups is 1. The Morgan fingerprint density at radius 3 is 2.52 bits per heavy atom. The number of aliphatic hydroxyl groups excluding tert-OH is 1. The third kappa shape index (κ3) is 2.75. The van der Waals surface area contributed by atoms with Crippen LogP contribution in [0.5, 0.6) is 17.2 Å². The van der Waals surface area contributed by atoms with Crippen LogP contribution >= 0.6 is 0 Å². The van der Waals surface area contributed by atoms with Gasteiger partial charge >= 0.3 is 0 Å². The summed E-state index contributed by atoms with van der Waals surface area (Å²) in [6.07, 6.45) is 0. The molecule has 0 atom stereocenters. The van der Waals surface area contributed by atoms with Crippen molar-refractivity contribution in [1.82, 2.24) is 0 Å². The van der Waals surface area contributed by atoms with Crippen molar-refractivity contribution < 1.29 is 28.1 Å². The highest BCUT2D eigenvalue weighted by Crippen LogP contribution is 2.38. The molecule has 0 aliphatic carbocycles. The van der Waals surface area contributed by atoms with Crippen LogP contribution in [-0.4, -0.2) is 11.9 Å². The Morgan fingerprint density at radius 1 is 1.05 bits per heavy atom. The van der Waals surface area contributed by atoms with Crippen molar-refractivity contribution in [3.8, 4) is 17.2 Å². The van der Waals surface area contributed by atoms with E-state index in [4.69, 9.17) is 14.2 Å². The van der Waals surface area contributed by atoms with Crippen molar-refractivity contribution in [3.05, 3.63) is 53.1 Å². The van der Waals surface area contributed by atoms with E-state index in [1.807, 2.05) is 0 Å². The maximum absolute atomic E-state index is 13.5. The molecule has 1 heterocycles. The van der Waals surface area contributed by atoms with Gasteiger partial charge in [-0.25, -0.2) is 8.78 Å². The molecular formula is C15H12F2O4. The molecule has 110 valence electrons. The Balaban J connectivity index is 1.81. The second-order valence-corrected chi connectivity index (χ2v) is 4.50. The minimum Gasteiger partial charge on any atom is -0.488 e. The molecule has 6 heteroatoms. The zero-order chi connectivity index (χ0) is 14.8. The van der Waals surface area contributed by atoms with Gasteiger partial charge in [-0.05, 0) is 18.2 Å². The van der Waals surface area contributed by atoms with E-state index in [0.717, 1.165) is 12.1 Å². The first kappa shape index (κ1) is 13.6. The van der Waals surface area contributed by atoms with Gasteiger partial charge in [0.1, 0.15) is 24.0 Å². The van der Waals surface area contributed by atoms with Gasteiger partial charge in [0.15, 0.2) is 11.5 Å². The maximum Gasteiger partial charge on any atom is 0.231 e. The fourth-order valence-electron chi connectivity index (χ4n) is 2.02. The highest BCUT2D eigenvalue weighted by atomic mass is 19.1. The Morgan fingerprint density at radius 2 is 1.81 bits per heavy atom. The van der Waals surface area contributed by atoms with Crippen LogP contribution < -0.4 is 14.2 Å². The zero-order valence-electron chi connectivity index (χ0n) is 10.9. The lowest BCUT2D eigenvalue weighted by atomic mass is 10.2. The zero-order valence-corrected chi connectivity index (χ0v) is 10.9. The molecule has 0 fully saturated rings. The SMILES string of the molecule is OCc1cc2c(cc1OCc1ccc(F)cc1F)OCO2. The molecule has 4 nitrogen and oxygen atoms in total. The molecule has 1 N–H and O–H groups in total. The maximum atomic E-state index is 13.5. The van der Waals surface area contributed by atoms with Gasteiger partial charge in [-0.2, -0.15) is 0 Å². The summed E-state index contributed by atoms with van der Waals surface area (Å²) in [7, 11) is 0. The lowest BCUT2D eigenvalue weighted by Crippen LogP contribution is -2.01. The van der Waals surface area contributed by atoms with Gasteiger partial charge in [-0.1, -0.05) is 0 Å². The molecule has 21 heavy (non-hydrogen) atoms. The first-order valence-corrected chi connectivity index (χ1v) is 6.27. The summed E-state index contributed by atoms with van der Waals surface area (Å²) in [6.45, 7) is -0.229. The monoisotopic (exact) mass is 294 g/mol. The number of hydrogen-bond acceptors (Lipinski definition) is 4. The standard InChI is InChI=1S/C15H12F2O4/c16-11-2-1-9(12(17)4-11)7-19-13-5-15-14(20-8-21-15)3-10(13)6-18/h1-5,18H,6-8H2. The second-order valence-electron chi connectivity index (χ2n) is 4.50. The van der Waals surface area contributed by atoms with Gasteiger partial charge in [-0.15, -0.1) is 0 Å². The van der Waals surface area contributed by atoms with Crippen LogP contribution in [0.2, 0.25) is 0 Å². The van der Waals surface area contributed by atoms with Crippen LogP contribution in [0.25, 0.3) is 0 Å². The van der Waals surface area contributed by atoms with E-state index in [-0.39, 0.29) is 25.6 Å². The first-order chi connectivity index (χ1) is 10.2. The third-order valence-electron chi connectivity index (χ3n) is 3.12.